The van der Waals surface area contributed by atoms with Gasteiger partial charge >= 0.3 is 12.1 Å². The Morgan fingerprint density at radius 1 is 1.06 bits per heavy atom. The zero-order chi connectivity index (χ0) is 24.1. The van der Waals surface area contributed by atoms with Gasteiger partial charge in [0.05, 0.1) is 19.3 Å². The summed E-state index contributed by atoms with van der Waals surface area (Å²) < 4.78 is 10.3. The molecule has 4 rings (SSSR count). The lowest BCUT2D eigenvalue weighted by molar-refractivity contribution is -0.148. The smallest absolute Gasteiger partial charge is 0.407 e. The normalized spacial score (nSPS) is 13.0. The molecule has 1 heterocycles. The van der Waals surface area contributed by atoms with Crippen LogP contribution in [0.15, 0.2) is 54.7 Å². The summed E-state index contributed by atoms with van der Waals surface area (Å²) in [5, 5.41) is 14.6. The van der Waals surface area contributed by atoms with Crippen molar-refractivity contribution in [2.24, 2.45) is 0 Å². The minimum absolute atomic E-state index is 0.0324. The second kappa shape index (κ2) is 10.4. The van der Waals surface area contributed by atoms with E-state index in [0.29, 0.717) is 9.88 Å². The second-order valence-electron chi connectivity index (χ2n) is 7.57. The lowest BCUT2D eigenvalue weighted by atomic mass is 9.98. The first-order chi connectivity index (χ1) is 16.5. The number of benzene rings is 2. The Morgan fingerprint density at radius 2 is 1.71 bits per heavy atom. The first-order valence-corrected chi connectivity index (χ1v) is 11.4. The van der Waals surface area contributed by atoms with Crippen LogP contribution in [0.5, 0.6) is 0 Å². The number of hydrogen-bond acceptors (Lipinski definition) is 7. The van der Waals surface area contributed by atoms with Gasteiger partial charge in [-0.05, 0) is 22.3 Å². The molecule has 3 aromatic rings. The number of nitrogens with one attached hydrogen (secondary N) is 2. The molecule has 3 N–H and O–H groups in total. The monoisotopic (exact) mass is 481 g/mol. The van der Waals surface area contributed by atoms with Gasteiger partial charge in [-0.15, -0.1) is 11.3 Å². The molecule has 1 aliphatic rings. The van der Waals surface area contributed by atoms with E-state index in [0.717, 1.165) is 33.6 Å². The zero-order valence-corrected chi connectivity index (χ0v) is 19.1. The molecule has 1 aromatic heterocycles. The SMILES string of the molecule is COC(CNC(=O)c1cnc(CNC(=O)OCC2c3ccccc3-c3ccccc32)s1)C(=O)O. The van der Waals surface area contributed by atoms with E-state index >= 15 is 0 Å². The first kappa shape index (κ1) is 23.4. The van der Waals surface area contributed by atoms with Crippen LogP contribution >= 0.6 is 11.3 Å². The van der Waals surface area contributed by atoms with Crippen LogP contribution in [0.3, 0.4) is 0 Å². The fourth-order valence-corrected chi connectivity index (χ4v) is 4.61. The predicted molar refractivity (Wildman–Crippen MR) is 125 cm³/mol. The number of aromatic nitrogens is 1. The number of carboxylic acid groups (broad SMARTS) is 1. The molecule has 1 unspecified atom stereocenters. The molecule has 2 amide bonds. The highest BCUT2D eigenvalue weighted by molar-refractivity contribution is 7.13. The number of methoxy groups -OCH3 is 1. The summed E-state index contributed by atoms with van der Waals surface area (Å²) in [6, 6.07) is 16.2. The van der Waals surface area contributed by atoms with E-state index in [2.05, 4.69) is 39.9 Å². The van der Waals surface area contributed by atoms with Gasteiger partial charge in [-0.25, -0.2) is 14.6 Å². The fourth-order valence-electron chi connectivity index (χ4n) is 3.84. The number of amides is 2. The molecule has 0 saturated heterocycles. The van der Waals surface area contributed by atoms with Crippen molar-refractivity contribution < 1.29 is 29.0 Å². The van der Waals surface area contributed by atoms with Gasteiger partial charge in [0.1, 0.15) is 16.5 Å². The molecule has 0 radical (unpaired) electrons. The molecule has 0 fully saturated rings. The third kappa shape index (κ3) is 5.08. The third-order valence-electron chi connectivity index (χ3n) is 5.51. The number of thiazole rings is 1. The number of nitrogens with zero attached hydrogens (tertiary/aromatic N) is 1. The van der Waals surface area contributed by atoms with Gasteiger partial charge in [0.15, 0.2) is 6.10 Å². The molecule has 9 nitrogen and oxygen atoms in total. The number of rotatable bonds is 9. The maximum absolute atomic E-state index is 12.3. The molecule has 1 atom stereocenters. The Balaban J connectivity index is 1.28. The number of hydrogen-bond donors (Lipinski definition) is 3. The summed E-state index contributed by atoms with van der Waals surface area (Å²) in [5.74, 6) is -1.66. The van der Waals surface area contributed by atoms with Gasteiger partial charge in [0.25, 0.3) is 5.91 Å². The fraction of sp³-hybridized carbons (Fsp3) is 0.250. The maximum atomic E-state index is 12.3. The van der Waals surface area contributed by atoms with Crippen molar-refractivity contribution in [3.8, 4) is 11.1 Å². The van der Waals surface area contributed by atoms with Crippen LogP contribution in [0.25, 0.3) is 11.1 Å². The van der Waals surface area contributed by atoms with Gasteiger partial charge in [-0.2, -0.15) is 0 Å². The molecule has 2 aromatic carbocycles. The number of alkyl carbamates (subject to hydrolysis) is 1. The Bertz CT molecular complexity index is 1170. The number of carbonyl (C=O) groups excluding carboxylic acids is 2. The van der Waals surface area contributed by atoms with Crippen molar-refractivity contribution in [2.75, 3.05) is 20.3 Å². The summed E-state index contributed by atoms with van der Waals surface area (Å²) >= 11 is 1.09. The Kier molecular flexibility index (Phi) is 7.19. The molecule has 0 bridgehead atoms. The average Bonchev–Trinajstić information content (AvgIpc) is 3.44. The van der Waals surface area contributed by atoms with Crippen molar-refractivity contribution >= 4 is 29.3 Å². The standard InChI is InChI=1S/C24H23N3O6S/c1-32-19(23(29)30)10-26-22(28)20-11-25-21(34-20)12-27-24(31)33-13-18-16-8-4-2-6-14(16)15-7-3-5-9-17(15)18/h2-9,11,18-19H,10,12-13H2,1H3,(H,26,28)(H,27,31)(H,29,30). The minimum Gasteiger partial charge on any atom is -0.479 e. The van der Waals surface area contributed by atoms with Crippen molar-refractivity contribution in [2.45, 2.75) is 18.6 Å². The number of carbonyl (C=O) groups is 3. The van der Waals surface area contributed by atoms with Crippen LogP contribution in [-0.4, -0.2) is 54.4 Å². The van der Waals surface area contributed by atoms with Gasteiger partial charge in [-0.1, -0.05) is 48.5 Å². The number of ether oxygens (including phenoxy) is 2. The highest BCUT2D eigenvalue weighted by Gasteiger charge is 2.29. The molecule has 0 saturated carbocycles. The van der Waals surface area contributed by atoms with E-state index in [1.165, 1.54) is 13.3 Å². The van der Waals surface area contributed by atoms with Crippen molar-refractivity contribution in [1.82, 2.24) is 15.6 Å². The topological polar surface area (TPSA) is 127 Å². The van der Waals surface area contributed by atoms with Gasteiger partial charge < -0.3 is 25.2 Å². The quantitative estimate of drug-likeness (QED) is 0.429. The Hall–Kier alpha value is -3.76. The van der Waals surface area contributed by atoms with Crippen LogP contribution in [0.4, 0.5) is 4.79 Å². The van der Waals surface area contributed by atoms with E-state index in [9.17, 15) is 14.4 Å². The van der Waals surface area contributed by atoms with Crippen molar-refractivity contribution in [3.63, 3.8) is 0 Å². The molecule has 176 valence electrons. The molecule has 0 aliphatic heterocycles. The minimum atomic E-state index is -1.17. The van der Waals surface area contributed by atoms with E-state index in [4.69, 9.17) is 14.6 Å². The van der Waals surface area contributed by atoms with Crippen molar-refractivity contribution in [1.29, 1.82) is 0 Å². The lowest BCUT2D eigenvalue weighted by Crippen LogP contribution is -2.37. The first-order valence-electron chi connectivity index (χ1n) is 10.5. The second-order valence-corrected chi connectivity index (χ2v) is 8.69. The number of aliphatic carboxylic acids is 1. The van der Waals surface area contributed by atoms with E-state index in [1.54, 1.807) is 0 Å². The van der Waals surface area contributed by atoms with Gasteiger partial charge in [0, 0.05) is 13.0 Å². The number of carboxylic acids is 1. The van der Waals surface area contributed by atoms with E-state index < -0.39 is 24.1 Å². The highest BCUT2D eigenvalue weighted by Crippen LogP contribution is 2.44. The summed E-state index contributed by atoms with van der Waals surface area (Å²) in [6.07, 6.45) is -0.337. The molecule has 0 spiro atoms. The molecular weight excluding hydrogens is 458 g/mol. The van der Waals surface area contributed by atoms with Crippen LogP contribution < -0.4 is 10.6 Å². The van der Waals surface area contributed by atoms with Crippen LogP contribution in [0.1, 0.15) is 31.7 Å². The summed E-state index contributed by atoms with van der Waals surface area (Å²) in [6.45, 7) is 0.135. The maximum Gasteiger partial charge on any atom is 0.407 e. The van der Waals surface area contributed by atoms with Crippen LogP contribution in [0, 0.1) is 0 Å². The summed E-state index contributed by atoms with van der Waals surface area (Å²) in [5.41, 5.74) is 4.57. The predicted octanol–water partition coefficient (Wildman–Crippen LogP) is 3.01. The third-order valence-corrected chi connectivity index (χ3v) is 6.51. The lowest BCUT2D eigenvalue weighted by Gasteiger charge is -2.14. The molecular formula is C24H23N3O6S. The summed E-state index contributed by atoms with van der Waals surface area (Å²) in [4.78, 5) is 39.9. The molecule has 1 aliphatic carbocycles. The molecule has 34 heavy (non-hydrogen) atoms. The van der Waals surface area contributed by atoms with Crippen LogP contribution in [0.2, 0.25) is 0 Å². The van der Waals surface area contributed by atoms with E-state index in [-0.39, 0.29) is 25.6 Å². The zero-order valence-electron chi connectivity index (χ0n) is 18.3. The molecule has 10 heteroatoms. The van der Waals surface area contributed by atoms with Gasteiger partial charge in [0.2, 0.25) is 0 Å². The average molecular weight is 482 g/mol. The summed E-state index contributed by atoms with van der Waals surface area (Å²) in [7, 11) is 1.25. The highest BCUT2D eigenvalue weighted by atomic mass is 32.1. The van der Waals surface area contributed by atoms with E-state index in [1.807, 2.05) is 24.3 Å². The number of fused-ring (bicyclic) bond motifs is 3. The van der Waals surface area contributed by atoms with Gasteiger partial charge in [-0.3, -0.25) is 4.79 Å². The van der Waals surface area contributed by atoms with Crippen LogP contribution in [-0.2, 0) is 20.8 Å². The largest absolute Gasteiger partial charge is 0.479 e. The Labute approximate surface area is 199 Å². The van der Waals surface area contributed by atoms with Crippen molar-refractivity contribution in [3.05, 3.63) is 75.7 Å². The Morgan fingerprint density at radius 3 is 2.32 bits per heavy atom.